The Morgan fingerprint density at radius 1 is 1.15 bits per heavy atom. The van der Waals surface area contributed by atoms with E-state index < -0.39 is 22.9 Å². The van der Waals surface area contributed by atoms with Crippen molar-refractivity contribution in [2.75, 3.05) is 14.1 Å². The fraction of sp³-hybridized carbons (Fsp3) is 0.375. The third-order valence-electron chi connectivity index (χ3n) is 5.11. The van der Waals surface area contributed by atoms with Crippen molar-refractivity contribution in [3.05, 3.63) is 59.3 Å². The molecule has 0 saturated carbocycles. The smallest absolute Gasteiger partial charge is 0.347 e. The number of nitrogens with zero attached hydrogens (tertiary/aromatic N) is 3. The zero-order valence-electron chi connectivity index (χ0n) is 19.2. The Hall–Kier alpha value is -2.67. The lowest BCUT2D eigenvalue weighted by atomic mass is 9.93. The topological polar surface area (TPSA) is 61.1 Å². The zero-order valence-corrected chi connectivity index (χ0v) is 20.1. The number of hydrogen-bond donors (Lipinski definition) is 1. The molecule has 1 atom stereocenters. The first kappa shape index (κ1) is 25.0. The molecule has 0 aliphatic rings. The van der Waals surface area contributed by atoms with Crippen molar-refractivity contribution in [1.82, 2.24) is 13.6 Å². The lowest BCUT2D eigenvalue weighted by Gasteiger charge is -2.20. The first-order valence-corrected chi connectivity index (χ1v) is 11.5. The lowest BCUT2D eigenvalue weighted by Crippen LogP contribution is -2.28. The summed E-state index contributed by atoms with van der Waals surface area (Å²) in [6, 6.07) is 10.6. The van der Waals surface area contributed by atoms with E-state index in [0.717, 1.165) is 22.5 Å². The summed E-state index contributed by atoms with van der Waals surface area (Å²) in [5.74, 6) is 0. The van der Waals surface area contributed by atoms with Crippen LogP contribution in [0.25, 0.3) is 22.0 Å². The minimum atomic E-state index is -4.59. The van der Waals surface area contributed by atoms with E-state index in [0.29, 0.717) is 18.7 Å². The maximum absolute atomic E-state index is 13.8. The van der Waals surface area contributed by atoms with Gasteiger partial charge in [-0.1, -0.05) is 39.0 Å². The van der Waals surface area contributed by atoms with Gasteiger partial charge in [0.2, 0.25) is 0 Å². The highest BCUT2D eigenvalue weighted by atomic mass is 32.2. The number of fused-ring (bicyclic) bond motifs is 1. The molecule has 0 bridgehead atoms. The monoisotopic (exact) mass is 476 g/mol. The highest BCUT2D eigenvalue weighted by molar-refractivity contribution is 7.80. The van der Waals surface area contributed by atoms with Crippen LogP contribution < -0.4 is 4.72 Å². The lowest BCUT2D eigenvalue weighted by molar-refractivity contribution is -0.137. The molecule has 1 N–H and O–H groups in total. The summed E-state index contributed by atoms with van der Waals surface area (Å²) < 4.78 is 59.9. The molecule has 33 heavy (non-hydrogen) atoms. The van der Waals surface area contributed by atoms with Crippen molar-refractivity contribution in [2.45, 2.75) is 40.0 Å². The van der Waals surface area contributed by atoms with Gasteiger partial charge in [-0.05, 0) is 34.7 Å². The molecule has 3 aromatic rings. The number of nitrogens with one attached hydrogen (secondary N) is 1. The number of hydrogen-bond acceptors (Lipinski definition) is 2. The Balaban J connectivity index is 2.20. The third-order valence-corrected chi connectivity index (χ3v) is 6.16. The van der Waals surface area contributed by atoms with Gasteiger partial charge in [0.25, 0.3) is 0 Å². The summed E-state index contributed by atoms with van der Waals surface area (Å²) in [5.41, 5.74) is 0.916. The highest BCUT2D eigenvalue weighted by Gasteiger charge is 2.35. The number of halogens is 3. The summed E-state index contributed by atoms with van der Waals surface area (Å²) in [5, 5.41) is 10.4. The van der Waals surface area contributed by atoms with Crippen molar-refractivity contribution in [2.24, 2.45) is 5.41 Å². The second-order valence-electron chi connectivity index (χ2n) is 9.30. The van der Waals surface area contributed by atoms with Crippen molar-refractivity contribution in [1.29, 1.82) is 5.26 Å². The first-order valence-electron chi connectivity index (χ1n) is 10.4. The average Bonchev–Trinajstić information content (AvgIpc) is 3.05. The summed E-state index contributed by atoms with van der Waals surface area (Å²) in [6.45, 7) is 7.20. The van der Waals surface area contributed by atoms with Crippen LogP contribution in [-0.2, 0) is 30.4 Å². The van der Waals surface area contributed by atoms with Crippen LogP contribution in [0.1, 0.15) is 37.5 Å². The van der Waals surface area contributed by atoms with Gasteiger partial charge in [0.15, 0.2) is 11.2 Å². The average molecular weight is 477 g/mol. The van der Waals surface area contributed by atoms with Crippen molar-refractivity contribution in [3.8, 4) is 17.2 Å². The van der Waals surface area contributed by atoms with Crippen molar-refractivity contribution in [3.63, 3.8) is 0 Å². The Morgan fingerprint density at radius 3 is 2.42 bits per heavy atom. The molecular formula is C24H27F3N4OS. The zero-order chi connectivity index (χ0) is 24.6. The predicted octanol–water partition coefficient (Wildman–Crippen LogP) is 5.47. The number of benzene rings is 2. The van der Waals surface area contributed by atoms with Gasteiger partial charge < -0.3 is 4.57 Å². The van der Waals surface area contributed by atoms with Gasteiger partial charge >= 0.3 is 6.18 Å². The van der Waals surface area contributed by atoms with E-state index in [2.05, 4.69) is 25.5 Å². The van der Waals surface area contributed by atoms with Crippen LogP contribution in [0, 0.1) is 16.7 Å². The van der Waals surface area contributed by atoms with E-state index >= 15 is 0 Å². The van der Waals surface area contributed by atoms with Crippen LogP contribution in [0.2, 0.25) is 0 Å². The number of rotatable bonds is 6. The summed E-state index contributed by atoms with van der Waals surface area (Å²) in [6.07, 6.45) is -2.64. The molecule has 0 spiro atoms. The first-order chi connectivity index (χ1) is 15.3. The number of nitriles is 1. The maximum Gasteiger partial charge on any atom is 0.417 e. The second kappa shape index (κ2) is 9.29. The predicted molar refractivity (Wildman–Crippen MR) is 125 cm³/mol. The van der Waals surface area contributed by atoms with Crippen LogP contribution in [0.4, 0.5) is 13.2 Å². The molecule has 1 unspecified atom stereocenters. The van der Waals surface area contributed by atoms with Gasteiger partial charge in [-0.15, -0.1) is 0 Å². The van der Waals surface area contributed by atoms with E-state index in [1.807, 2.05) is 16.8 Å². The molecule has 0 saturated heterocycles. The second-order valence-corrected chi connectivity index (χ2v) is 10.8. The molecule has 0 aliphatic carbocycles. The quantitative estimate of drug-likeness (QED) is 0.513. The normalized spacial score (nSPS) is 13.5. The SMILES string of the molecule is CN(C)S(=O)NCc1cn(CC(C)(C)C)c2cc(-c3c(C#N)cccc3C(F)(F)F)ccc12. The summed E-state index contributed by atoms with van der Waals surface area (Å²) in [7, 11) is 3.40. The van der Waals surface area contributed by atoms with Crippen molar-refractivity contribution < 1.29 is 17.4 Å². The van der Waals surface area contributed by atoms with Gasteiger partial charge in [0, 0.05) is 49.8 Å². The minimum absolute atomic E-state index is 0.0265. The molecule has 3 rings (SSSR count). The van der Waals surface area contributed by atoms with E-state index in [-0.39, 0.29) is 16.5 Å². The molecule has 0 fully saturated rings. The molecule has 0 amide bonds. The largest absolute Gasteiger partial charge is 0.417 e. The van der Waals surface area contributed by atoms with E-state index in [9.17, 15) is 22.6 Å². The number of alkyl halides is 3. The van der Waals surface area contributed by atoms with Crippen LogP contribution >= 0.6 is 0 Å². The Morgan fingerprint density at radius 2 is 1.85 bits per heavy atom. The molecule has 1 heterocycles. The Labute approximate surface area is 194 Å². The van der Waals surface area contributed by atoms with Crippen LogP contribution in [0.3, 0.4) is 0 Å². The summed E-state index contributed by atoms with van der Waals surface area (Å²) in [4.78, 5) is 0. The van der Waals surface area contributed by atoms with Crippen LogP contribution in [0.5, 0.6) is 0 Å². The van der Waals surface area contributed by atoms with Gasteiger partial charge in [0.05, 0.1) is 17.2 Å². The van der Waals surface area contributed by atoms with Gasteiger partial charge in [0.1, 0.15) is 0 Å². The molecule has 1 aromatic heterocycles. The summed E-state index contributed by atoms with van der Waals surface area (Å²) >= 11 is -1.36. The van der Waals surface area contributed by atoms with Crippen LogP contribution in [0.15, 0.2) is 42.6 Å². The maximum atomic E-state index is 13.8. The molecule has 5 nitrogen and oxygen atoms in total. The Kier molecular flexibility index (Phi) is 7.03. The third kappa shape index (κ3) is 5.64. The molecule has 2 aromatic carbocycles. The van der Waals surface area contributed by atoms with Crippen LogP contribution in [-0.4, -0.2) is 27.2 Å². The molecule has 176 valence electrons. The number of aromatic nitrogens is 1. The Bertz CT molecular complexity index is 1230. The highest BCUT2D eigenvalue weighted by Crippen LogP contribution is 2.40. The van der Waals surface area contributed by atoms with Gasteiger partial charge in [-0.2, -0.15) is 18.4 Å². The fourth-order valence-corrected chi connectivity index (χ4v) is 4.30. The van der Waals surface area contributed by atoms with E-state index in [4.69, 9.17) is 0 Å². The van der Waals surface area contributed by atoms with Crippen molar-refractivity contribution >= 4 is 22.1 Å². The minimum Gasteiger partial charge on any atom is -0.347 e. The van der Waals surface area contributed by atoms with E-state index in [1.165, 1.54) is 12.1 Å². The molecule has 0 radical (unpaired) electrons. The van der Waals surface area contributed by atoms with Gasteiger partial charge in [-0.3, -0.25) is 0 Å². The van der Waals surface area contributed by atoms with Gasteiger partial charge in [-0.25, -0.2) is 13.2 Å². The molecule has 9 heteroatoms. The molecular weight excluding hydrogens is 449 g/mol. The fourth-order valence-electron chi connectivity index (χ4n) is 3.77. The molecule has 0 aliphatic heterocycles. The standard InChI is InChI=1S/C24H27F3N4OS/c1-23(2,3)15-31-14-18(13-29-33(32)30(4)5)19-10-9-16(11-21(19)31)22-17(12-28)7-6-8-20(22)24(25,26)27/h6-11,14,29H,13,15H2,1-5H3. The van der Waals surface area contributed by atoms with E-state index in [1.54, 1.807) is 36.6 Å².